The lowest BCUT2D eigenvalue weighted by atomic mass is 9.96. The summed E-state index contributed by atoms with van der Waals surface area (Å²) >= 11 is 0. The molecule has 2 aliphatic heterocycles. The number of hydrogen-bond acceptors (Lipinski definition) is 7. The second kappa shape index (κ2) is 9.84. The average molecular weight is 563 g/mol. The predicted molar refractivity (Wildman–Crippen MR) is 132 cm³/mol. The van der Waals surface area contributed by atoms with Crippen molar-refractivity contribution in [3.05, 3.63) is 47.7 Å². The number of nitrogens with zero attached hydrogens (tertiary/aromatic N) is 3. The van der Waals surface area contributed by atoms with Gasteiger partial charge in [0.25, 0.3) is 5.91 Å². The number of nitrogens with two attached hydrogens (primary N) is 1. The number of rotatable bonds is 7. The second-order valence-electron chi connectivity index (χ2n) is 9.66. The molecular weight excluding hydrogens is 535 g/mol. The van der Waals surface area contributed by atoms with Crippen molar-refractivity contribution >= 4 is 27.7 Å². The Morgan fingerprint density at radius 3 is 2.68 bits per heavy atom. The lowest BCUT2D eigenvalue weighted by Crippen LogP contribution is -2.67. The fourth-order valence-corrected chi connectivity index (χ4v) is 7.84. The van der Waals surface area contributed by atoms with E-state index >= 15 is 0 Å². The third-order valence-corrected chi connectivity index (χ3v) is 10.6. The van der Waals surface area contributed by atoms with E-state index in [0.29, 0.717) is 13.0 Å². The second-order valence-corrected chi connectivity index (χ2v) is 12.8. The molecule has 0 aromatic carbocycles. The van der Waals surface area contributed by atoms with Crippen LogP contribution in [0.25, 0.3) is 0 Å². The van der Waals surface area contributed by atoms with Crippen LogP contribution in [0.1, 0.15) is 42.9 Å². The van der Waals surface area contributed by atoms with Crippen molar-refractivity contribution in [2.24, 2.45) is 10.7 Å². The van der Waals surface area contributed by atoms with E-state index in [4.69, 9.17) is 5.73 Å². The number of aromatic nitrogens is 2. The maximum atomic E-state index is 15.0. The molecular formula is C23H27F5N6O3S. The number of thiol groups is 1. The van der Waals surface area contributed by atoms with Crippen LogP contribution < -0.4 is 20.5 Å². The van der Waals surface area contributed by atoms with Gasteiger partial charge in [-0.15, -0.1) is 0 Å². The molecule has 15 heteroatoms. The Labute approximate surface area is 216 Å². The number of anilines is 1. The number of pyridine rings is 2. The summed E-state index contributed by atoms with van der Waals surface area (Å²) in [5.41, 5.74) is 4.56. The number of carbonyl (C=O) groups is 1. The van der Waals surface area contributed by atoms with Crippen LogP contribution in [-0.2, 0) is 15.7 Å². The van der Waals surface area contributed by atoms with Crippen molar-refractivity contribution in [1.82, 2.24) is 14.7 Å². The summed E-state index contributed by atoms with van der Waals surface area (Å²) in [4.78, 5) is 25.2. The number of nitrogens with one attached hydrogen (secondary N) is 2. The van der Waals surface area contributed by atoms with E-state index in [1.54, 1.807) is 13.8 Å². The largest absolute Gasteiger partial charge is 0.485 e. The number of hydrogen-bond donors (Lipinski definition) is 4. The summed E-state index contributed by atoms with van der Waals surface area (Å²) in [5, 5.41) is 2.45. The summed E-state index contributed by atoms with van der Waals surface area (Å²) in [7, 11) is -3.12. The van der Waals surface area contributed by atoms with Crippen LogP contribution >= 0.6 is 0 Å². The monoisotopic (exact) mass is 562 g/mol. The maximum Gasteiger partial charge on any atom is 0.340 e. The molecule has 0 bridgehead atoms. The van der Waals surface area contributed by atoms with Gasteiger partial charge >= 0.3 is 12.3 Å². The minimum Gasteiger partial charge on any atom is -0.485 e. The Morgan fingerprint density at radius 1 is 1.29 bits per heavy atom. The van der Waals surface area contributed by atoms with Crippen molar-refractivity contribution < 1.29 is 35.7 Å². The molecule has 1 saturated heterocycles. The number of carbonyl (C=O) groups excluding carboxylic acids is 1. The Morgan fingerprint density at radius 2 is 2.03 bits per heavy atom. The number of amidine groups is 1. The van der Waals surface area contributed by atoms with Gasteiger partial charge in [0, 0.05) is 12.3 Å². The summed E-state index contributed by atoms with van der Waals surface area (Å²) in [6.45, 7) is 2.33. The standard InChI is InChI=1S/C23H27F5N6O3S/c1-21(12-38(36)22(2,20(29)34-21)8-3-9-31-38)17-14(24)5-7-16(32-17)33-18(35)15-6-4-13(10-30-15)37-11-23(27,28)19(25)26/h4-7,10,19,38H,3,8-9,11-12H2,1-2H3,(H2,29,34)(H,31,36)(H,32,33,35)/t21-,22+/m0/s1. The van der Waals surface area contributed by atoms with Crippen molar-refractivity contribution in [3.8, 4) is 5.75 Å². The first kappa shape index (κ1) is 27.8. The zero-order valence-electron chi connectivity index (χ0n) is 20.5. The molecule has 2 aliphatic rings. The average Bonchev–Trinajstić information content (AvgIpc) is 2.85. The van der Waals surface area contributed by atoms with E-state index in [0.717, 1.165) is 30.8 Å². The van der Waals surface area contributed by atoms with E-state index in [9.17, 15) is 31.0 Å². The molecule has 0 aliphatic carbocycles. The number of amides is 1. The first-order chi connectivity index (χ1) is 17.7. The molecule has 4 heterocycles. The quantitative estimate of drug-likeness (QED) is 0.303. The van der Waals surface area contributed by atoms with Gasteiger partial charge in [-0.3, -0.25) is 18.7 Å². The first-order valence-electron chi connectivity index (χ1n) is 11.6. The zero-order chi connectivity index (χ0) is 27.9. The summed E-state index contributed by atoms with van der Waals surface area (Å²) in [5.74, 6) is -6.02. The van der Waals surface area contributed by atoms with E-state index in [1.807, 2.05) is 0 Å². The van der Waals surface area contributed by atoms with E-state index in [-0.39, 0.29) is 34.5 Å². The number of ether oxygens (including phenoxy) is 1. The summed E-state index contributed by atoms with van der Waals surface area (Å²) < 4.78 is 86.3. The molecule has 4 N–H and O–H groups in total. The topological polar surface area (TPSA) is 132 Å². The lowest BCUT2D eigenvalue weighted by Gasteiger charge is -2.52. The normalized spacial score (nSPS) is 25.7. The van der Waals surface area contributed by atoms with Crippen molar-refractivity contribution in [2.75, 3.05) is 24.2 Å². The fourth-order valence-electron chi connectivity index (χ4n) is 4.49. The molecule has 1 amide bonds. The van der Waals surface area contributed by atoms with Crippen LogP contribution in [0, 0.1) is 5.82 Å². The van der Waals surface area contributed by atoms with Gasteiger partial charge in [-0.2, -0.15) is 8.78 Å². The molecule has 0 spiro atoms. The Bertz CT molecular complexity index is 1310. The highest BCUT2D eigenvalue weighted by molar-refractivity contribution is 8.03. The number of fused-ring (bicyclic) bond motifs is 1. The minimum atomic E-state index is -4.34. The first-order valence-corrected chi connectivity index (χ1v) is 13.5. The van der Waals surface area contributed by atoms with Gasteiger partial charge in [0.1, 0.15) is 40.1 Å². The highest BCUT2D eigenvalue weighted by Gasteiger charge is 2.53. The molecule has 9 nitrogen and oxygen atoms in total. The molecule has 0 unspecified atom stereocenters. The molecule has 2 aromatic heterocycles. The highest BCUT2D eigenvalue weighted by Crippen LogP contribution is 2.43. The van der Waals surface area contributed by atoms with Gasteiger partial charge in [-0.1, -0.05) is 0 Å². The Hall–Kier alpha value is -3.20. The van der Waals surface area contributed by atoms with Crippen molar-refractivity contribution in [2.45, 2.75) is 49.3 Å². The third kappa shape index (κ3) is 5.08. The van der Waals surface area contributed by atoms with Gasteiger partial charge < -0.3 is 15.8 Å². The van der Waals surface area contributed by atoms with E-state index in [1.165, 1.54) is 6.07 Å². The van der Waals surface area contributed by atoms with Gasteiger partial charge in [0.2, 0.25) is 0 Å². The summed E-state index contributed by atoms with van der Waals surface area (Å²) in [6.07, 6.45) is -1.62. The van der Waals surface area contributed by atoms with Crippen LogP contribution in [0.3, 0.4) is 0 Å². The van der Waals surface area contributed by atoms with Crippen LogP contribution in [0.4, 0.5) is 27.8 Å². The molecule has 208 valence electrons. The van der Waals surface area contributed by atoms with Crippen LogP contribution in [0.2, 0.25) is 0 Å². The number of alkyl halides is 4. The maximum absolute atomic E-state index is 15.0. The Balaban J connectivity index is 1.52. The molecule has 38 heavy (non-hydrogen) atoms. The molecule has 2 atom stereocenters. The summed E-state index contributed by atoms with van der Waals surface area (Å²) in [6, 6.07) is 4.54. The highest BCUT2D eigenvalue weighted by atomic mass is 32.3. The lowest BCUT2D eigenvalue weighted by molar-refractivity contribution is -0.148. The smallest absolute Gasteiger partial charge is 0.340 e. The zero-order valence-corrected chi connectivity index (χ0v) is 21.4. The fraction of sp³-hybridized carbons (Fsp3) is 0.478. The SMILES string of the molecule is C[C@@]1(c2nc(NC(=O)c3ccc(OCC(F)(F)C(F)F)cn3)ccc2F)C[SH]2(=O)NCCC[C@]2(C)C(N)=N1. The van der Waals surface area contributed by atoms with Crippen LogP contribution in [0.5, 0.6) is 5.75 Å². The number of halogens is 5. The van der Waals surface area contributed by atoms with Crippen molar-refractivity contribution in [3.63, 3.8) is 0 Å². The molecule has 1 fully saturated rings. The molecule has 0 radical (unpaired) electrons. The van der Waals surface area contributed by atoms with Crippen molar-refractivity contribution in [1.29, 1.82) is 0 Å². The van der Waals surface area contributed by atoms with Crippen LogP contribution in [-0.4, -0.2) is 61.9 Å². The van der Waals surface area contributed by atoms with Gasteiger partial charge in [0.15, 0.2) is 6.61 Å². The van der Waals surface area contributed by atoms with Crippen LogP contribution in [0.15, 0.2) is 35.5 Å². The molecule has 2 aromatic rings. The minimum absolute atomic E-state index is 0.0217. The third-order valence-electron chi connectivity index (χ3n) is 6.77. The van der Waals surface area contributed by atoms with E-state index < -0.39 is 51.1 Å². The van der Waals surface area contributed by atoms with Gasteiger partial charge in [0.05, 0.1) is 10.9 Å². The number of aliphatic imine (C=N–C) groups is 1. The van der Waals surface area contributed by atoms with Gasteiger partial charge in [-0.05, 0) is 61.1 Å². The Kier molecular flexibility index (Phi) is 7.20. The molecule has 0 saturated carbocycles. The predicted octanol–water partition coefficient (Wildman–Crippen LogP) is 2.81. The molecule has 4 rings (SSSR count). The van der Waals surface area contributed by atoms with E-state index in [2.05, 4.69) is 29.7 Å². The van der Waals surface area contributed by atoms with Gasteiger partial charge in [-0.25, -0.2) is 23.1 Å².